The Balaban J connectivity index is 2.84. The monoisotopic (exact) mass is 320 g/mol. The lowest BCUT2D eigenvalue weighted by atomic mass is 10.2. The third kappa shape index (κ3) is 5.15. The van der Waals surface area contributed by atoms with Crippen molar-refractivity contribution in [3.8, 4) is 11.5 Å². The summed E-state index contributed by atoms with van der Waals surface area (Å²) in [5, 5.41) is 1.68. The van der Waals surface area contributed by atoms with Gasteiger partial charge in [-0.1, -0.05) is 0 Å². The van der Waals surface area contributed by atoms with Crippen LogP contribution in [0.15, 0.2) is 18.2 Å². The molecule has 9 heteroatoms. The summed E-state index contributed by atoms with van der Waals surface area (Å²) in [6, 6.07) is 4.10. The molecular formula is C13H15F3N2O4. The maximum absolute atomic E-state index is 12.0. The molecule has 0 saturated carbocycles. The summed E-state index contributed by atoms with van der Waals surface area (Å²) in [4.78, 5) is 22.8. The number of carbonyl (C=O) groups is 2. The zero-order valence-electron chi connectivity index (χ0n) is 11.9. The number of amides is 2. The van der Waals surface area contributed by atoms with E-state index in [0.29, 0.717) is 5.75 Å². The van der Waals surface area contributed by atoms with Crippen LogP contribution in [0, 0.1) is 0 Å². The minimum Gasteiger partial charge on any atom is -0.497 e. The number of ether oxygens (including phenoxy) is 2. The molecule has 0 spiro atoms. The topological polar surface area (TPSA) is 90.7 Å². The molecular weight excluding hydrogens is 305 g/mol. The van der Waals surface area contributed by atoms with Crippen molar-refractivity contribution in [2.24, 2.45) is 5.73 Å². The van der Waals surface area contributed by atoms with Gasteiger partial charge in [-0.15, -0.1) is 0 Å². The third-order valence-corrected chi connectivity index (χ3v) is 2.59. The van der Waals surface area contributed by atoms with Crippen LogP contribution in [0.1, 0.15) is 17.3 Å². The first-order valence-corrected chi connectivity index (χ1v) is 6.13. The lowest BCUT2D eigenvalue weighted by Crippen LogP contribution is -2.41. The number of rotatable bonds is 6. The van der Waals surface area contributed by atoms with E-state index in [2.05, 4.69) is 0 Å². The average Bonchev–Trinajstić information content (AvgIpc) is 2.43. The van der Waals surface area contributed by atoms with Gasteiger partial charge < -0.3 is 20.5 Å². The molecule has 0 fully saturated rings. The SMILES string of the molecule is COc1ccc(C(N)=O)c(OC(C)C(=O)NCC(F)(F)F)c1. The molecule has 3 N–H and O–H groups in total. The Morgan fingerprint density at radius 1 is 1.36 bits per heavy atom. The van der Waals surface area contributed by atoms with Crippen LogP contribution >= 0.6 is 0 Å². The number of hydrogen-bond acceptors (Lipinski definition) is 4. The molecule has 6 nitrogen and oxygen atoms in total. The summed E-state index contributed by atoms with van der Waals surface area (Å²) in [7, 11) is 1.38. The van der Waals surface area contributed by atoms with Crippen molar-refractivity contribution in [2.75, 3.05) is 13.7 Å². The largest absolute Gasteiger partial charge is 0.497 e. The number of carbonyl (C=O) groups excluding carboxylic acids is 2. The lowest BCUT2D eigenvalue weighted by molar-refractivity contribution is -0.142. The number of methoxy groups -OCH3 is 1. The van der Waals surface area contributed by atoms with E-state index in [-0.39, 0.29) is 11.3 Å². The van der Waals surface area contributed by atoms with E-state index >= 15 is 0 Å². The van der Waals surface area contributed by atoms with Crippen molar-refractivity contribution >= 4 is 11.8 Å². The molecule has 1 atom stereocenters. The fraction of sp³-hybridized carbons (Fsp3) is 0.385. The van der Waals surface area contributed by atoms with Gasteiger partial charge in [-0.05, 0) is 19.1 Å². The van der Waals surface area contributed by atoms with E-state index in [1.165, 1.54) is 32.2 Å². The van der Waals surface area contributed by atoms with Crippen LogP contribution in [0.3, 0.4) is 0 Å². The Bertz CT molecular complexity index is 561. The van der Waals surface area contributed by atoms with Crippen LogP contribution in [0.2, 0.25) is 0 Å². The van der Waals surface area contributed by atoms with Crippen LogP contribution in [0.4, 0.5) is 13.2 Å². The van der Waals surface area contributed by atoms with Crippen molar-refractivity contribution in [1.82, 2.24) is 5.32 Å². The average molecular weight is 320 g/mol. The molecule has 22 heavy (non-hydrogen) atoms. The number of primary amides is 1. The molecule has 1 aromatic rings. The van der Waals surface area contributed by atoms with Crippen molar-refractivity contribution in [3.63, 3.8) is 0 Å². The highest BCUT2D eigenvalue weighted by atomic mass is 19.4. The van der Waals surface area contributed by atoms with Crippen LogP contribution in [-0.4, -0.2) is 37.7 Å². The number of nitrogens with one attached hydrogen (secondary N) is 1. The zero-order chi connectivity index (χ0) is 16.9. The van der Waals surface area contributed by atoms with Gasteiger partial charge in [-0.25, -0.2) is 0 Å². The molecule has 2 amide bonds. The first-order chi connectivity index (χ1) is 10.1. The molecule has 0 saturated heterocycles. The highest BCUT2D eigenvalue weighted by molar-refractivity contribution is 5.96. The van der Waals surface area contributed by atoms with Crippen LogP contribution in [-0.2, 0) is 4.79 Å². The Morgan fingerprint density at radius 2 is 2.00 bits per heavy atom. The summed E-state index contributed by atoms with van der Waals surface area (Å²) in [6.45, 7) is -0.226. The highest BCUT2D eigenvalue weighted by Gasteiger charge is 2.29. The van der Waals surface area contributed by atoms with E-state index in [0.717, 1.165) is 0 Å². The van der Waals surface area contributed by atoms with Crippen molar-refractivity contribution in [1.29, 1.82) is 0 Å². The van der Waals surface area contributed by atoms with Crippen molar-refractivity contribution in [3.05, 3.63) is 23.8 Å². The number of benzene rings is 1. The minimum absolute atomic E-state index is 0.0173. The summed E-state index contributed by atoms with van der Waals surface area (Å²) in [5.74, 6) is -1.50. The van der Waals surface area contributed by atoms with E-state index in [1.54, 1.807) is 5.32 Å². The maximum Gasteiger partial charge on any atom is 0.405 e. The Morgan fingerprint density at radius 3 is 2.50 bits per heavy atom. The van der Waals surface area contributed by atoms with Gasteiger partial charge in [0.2, 0.25) is 0 Å². The van der Waals surface area contributed by atoms with E-state index in [4.69, 9.17) is 15.2 Å². The molecule has 1 unspecified atom stereocenters. The van der Waals surface area contributed by atoms with Crippen LogP contribution < -0.4 is 20.5 Å². The van der Waals surface area contributed by atoms with E-state index < -0.39 is 30.6 Å². The summed E-state index contributed by atoms with van der Waals surface area (Å²) in [5.41, 5.74) is 5.15. The minimum atomic E-state index is -4.52. The van der Waals surface area contributed by atoms with Gasteiger partial charge in [0.1, 0.15) is 18.0 Å². The van der Waals surface area contributed by atoms with Gasteiger partial charge in [0.25, 0.3) is 11.8 Å². The number of hydrogen-bond donors (Lipinski definition) is 2. The molecule has 0 radical (unpaired) electrons. The predicted octanol–water partition coefficient (Wildman–Crippen LogP) is 1.24. The summed E-state index contributed by atoms with van der Waals surface area (Å²) in [6.07, 6.45) is -5.78. The molecule has 0 bridgehead atoms. The summed E-state index contributed by atoms with van der Waals surface area (Å²) < 4.78 is 46.3. The molecule has 122 valence electrons. The van der Waals surface area contributed by atoms with Gasteiger partial charge >= 0.3 is 6.18 Å². The standard InChI is InChI=1S/C13H15F3N2O4/c1-7(12(20)18-6-13(14,15)16)22-10-5-8(21-2)3-4-9(10)11(17)19/h3-5,7H,6H2,1-2H3,(H2,17,19)(H,18,20). The molecule has 0 aromatic heterocycles. The number of alkyl halides is 3. The second-order valence-electron chi connectivity index (χ2n) is 4.32. The third-order valence-electron chi connectivity index (χ3n) is 2.59. The second kappa shape index (κ2) is 7.01. The molecule has 0 aliphatic rings. The maximum atomic E-state index is 12.0. The van der Waals surface area contributed by atoms with Crippen molar-refractivity contribution < 1.29 is 32.2 Å². The fourth-order valence-electron chi connectivity index (χ4n) is 1.51. The van der Waals surface area contributed by atoms with Crippen LogP contribution in [0.25, 0.3) is 0 Å². The van der Waals surface area contributed by atoms with Crippen LogP contribution in [0.5, 0.6) is 11.5 Å². The predicted molar refractivity (Wildman–Crippen MR) is 70.7 cm³/mol. The summed E-state index contributed by atoms with van der Waals surface area (Å²) >= 11 is 0. The normalized spacial score (nSPS) is 12.4. The van der Waals surface area contributed by atoms with Gasteiger partial charge in [0.15, 0.2) is 6.10 Å². The van der Waals surface area contributed by atoms with E-state index in [1.807, 2.05) is 0 Å². The molecule has 0 aliphatic carbocycles. The quantitative estimate of drug-likeness (QED) is 0.825. The number of nitrogens with two attached hydrogens (primary N) is 1. The smallest absolute Gasteiger partial charge is 0.405 e. The van der Waals surface area contributed by atoms with E-state index in [9.17, 15) is 22.8 Å². The van der Waals surface area contributed by atoms with Gasteiger partial charge in [-0.2, -0.15) is 13.2 Å². The number of halogens is 3. The van der Waals surface area contributed by atoms with Gasteiger partial charge in [0, 0.05) is 6.07 Å². The first-order valence-electron chi connectivity index (χ1n) is 6.13. The molecule has 1 aromatic carbocycles. The highest BCUT2D eigenvalue weighted by Crippen LogP contribution is 2.25. The molecule has 0 aliphatic heterocycles. The second-order valence-corrected chi connectivity index (χ2v) is 4.32. The van der Waals surface area contributed by atoms with Crippen molar-refractivity contribution in [2.45, 2.75) is 19.2 Å². The van der Waals surface area contributed by atoms with Gasteiger partial charge in [0.05, 0.1) is 12.7 Å². The Labute approximate surface area is 124 Å². The van der Waals surface area contributed by atoms with Gasteiger partial charge in [-0.3, -0.25) is 9.59 Å². The Hall–Kier alpha value is -2.45. The Kier molecular flexibility index (Phi) is 5.61. The first kappa shape index (κ1) is 17.6. The zero-order valence-corrected chi connectivity index (χ0v) is 11.9. The molecule has 1 rings (SSSR count). The lowest BCUT2D eigenvalue weighted by Gasteiger charge is -2.17. The fourth-order valence-corrected chi connectivity index (χ4v) is 1.51. The molecule has 0 heterocycles.